The second-order valence-corrected chi connectivity index (χ2v) is 8.82. The van der Waals surface area contributed by atoms with E-state index in [1.807, 2.05) is 37.3 Å². The van der Waals surface area contributed by atoms with Crippen LogP contribution in [0.15, 0.2) is 64.0 Å². The second kappa shape index (κ2) is 9.16. The van der Waals surface area contributed by atoms with E-state index in [9.17, 15) is 9.59 Å². The summed E-state index contributed by atoms with van der Waals surface area (Å²) in [5, 5.41) is 2.06. The van der Waals surface area contributed by atoms with Gasteiger partial charge in [-0.2, -0.15) is 0 Å². The van der Waals surface area contributed by atoms with E-state index < -0.39 is 0 Å². The summed E-state index contributed by atoms with van der Waals surface area (Å²) < 4.78 is 12.6. The Morgan fingerprint density at radius 2 is 1.81 bits per heavy atom. The van der Waals surface area contributed by atoms with E-state index in [-0.39, 0.29) is 11.1 Å². The van der Waals surface area contributed by atoms with Crippen molar-refractivity contribution in [2.24, 2.45) is 0 Å². The van der Waals surface area contributed by atoms with Gasteiger partial charge in [0.05, 0.1) is 16.0 Å². The highest BCUT2D eigenvalue weighted by atomic mass is 79.9. The molecule has 2 amide bonds. The van der Waals surface area contributed by atoms with Gasteiger partial charge in [0, 0.05) is 7.05 Å². The normalized spacial score (nSPS) is 15.2. The third-order valence-corrected chi connectivity index (χ3v) is 6.36. The third kappa shape index (κ3) is 4.62. The quantitative estimate of drug-likeness (QED) is 0.377. The van der Waals surface area contributed by atoms with Crippen molar-refractivity contribution < 1.29 is 19.1 Å². The Kier molecular flexibility index (Phi) is 6.34. The van der Waals surface area contributed by atoms with Gasteiger partial charge in [-0.3, -0.25) is 14.5 Å². The number of ether oxygens (including phenoxy) is 2. The van der Waals surface area contributed by atoms with Crippen LogP contribution in [-0.4, -0.2) is 29.7 Å². The lowest BCUT2D eigenvalue weighted by Gasteiger charge is -2.15. The van der Waals surface area contributed by atoms with E-state index in [1.165, 1.54) is 12.4 Å². The standard InChI is InChI=1S/C24H20BrNO4S/c1-3-29-20-12-16(13-21-23(27)26(2)24(28)31-21)11-19(25)22(20)30-14-15-8-9-17-6-4-5-7-18(17)10-15/h4-13H,3,14H2,1-2H3/b21-13-. The summed E-state index contributed by atoms with van der Waals surface area (Å²) in [5.41, 5.74) is 1.79. The molecule has 1 fully saturated rings. The molecule has 0 bridgehead atoms. The second-order valence-electron chi connectivity index (χ2n) is 6.97. The van der Waals surface area contributed by atoms with Gasteiger partial charge in [-0.05, 0) is 80.8 Å². The highest BCUT2D eigenvalue weighted by Gasteiger charge is 2.31. The van der Waals surface area contributed by atoms with Gasteiger partial charge >= 0.3 is 0 Å². The minimum atomic E-state index is -0.305. The number of hydrogen-bond acceptors (Lipinski definition) is 5. The van der Waals surface area contributed by atoms with Crippen molar-refractivity contribution in [3.8, 4) is 11.5 Å². The van der Waals surface area contributed by atoms with Crippen LogP contribution < -0.4 is 9.47 Å². The summed E-state index contributed by atoms with van der Waals surface area (Å²) in [4.78, 5) is 25.4. The predicted octanol–water partition coefficient (Wildman–Crippen LogP) is 6.25. The maximum atomic E-state index is 12.2. The Morgan fingerprint density at radius 3 is 2.52 bits per heavy atom. The van der Waals surface area contributed by atoms with Gasteiger partial charge in [-0.1, -0.05) is 36.4 Å². The van der Waals surface area contributed by atoms with Crippen molar-refractivity contribution in [3.63, 3.8) is 0 Å². The number of carbonyl (C=O) groups is 2. The van der Waals surface area contributed by atoms with E-state index in [0.717, 1.165) is 33.2 Å². The SMILES string of the molecule is CCOc1cc(/C=C2\SC(=O)N(C)C2=O)cc(Br)c1OCc1ccc2ccccc2c1. The van der Waals surface area contributed by atoms with Crippen LogP contribution >= 0.6 is 27.7 Å². The summed E-state index contributed by atoms with van der Waals surface area (Å²) in [5.74, 6) is 0.858. The van der Waals surface area contributed by atoms with Crippen molar-refractivity contribution in [1.82, 2.24) is 4.90 Å². The number of benzene rings is 3. The Morgan fingerprint density at radius 1 is 1.03 bits per heavy atom. The zero-order valence-electron chi connectivity index (χ0n) is 17.1. The van der Waals surface area contributed by atoms with Gasteiger partial charge < -0.3 is 9.47 Å². The average Bonchev–Trinajstić information content (AvgIpc) is 2.99. The number of fused-ring (bicyclic) bond motifs is 1. The molecular weight excluding hydrogens is 478 g/mol. The maximum Gasteiger partial charge on any atom is 0.293 e. The number of hydrogen-bond donors (Lipinski definition) is 0. The van der Waals surface area contributed by atoms with Crippen LogP contribution in [0.25, 0.3) is 16.8 Å². The molecule has 0 aromatic heterocycles. The van der Waals surface area contributed by atoms with Crippen LogP contribution in [0.4, 0.5) is 4.79 Å². The van der Waals surface area contributed by atoms with Crippen LogP contribution in [0.1, 0.15) is 18.1 Å². The molecule has 0 N–H and O–H groups in total. The molecule has 0 aliphatic carbocycles. The van der Waals surface area contributed by atoms with Crippen molar-refractivity contribution >= 4 is 55.7 Å². The van der Waals surface area contributed by atoms with Crippen LogP contribution in [0.3, 0.4) is 0 Å². The zero-order valence-corrected chi connectivity index (χ0v) is 19.5. The molecule has 1 aliphatic rings. The van der Waals surface area contributed by atoms with Gasteiger partial charge in [-0.25, -0.2) is 0 Å². The number of likely N-dealkylation sites (N-methyl/N-ethyl adjacent to an activating group) is 1. The Bertz CT molecular complexity index is 1210. The summed E-state index contributed by atoms with van der Waals surface area (Å²) in [6.07, 6.45) is 1.69. The Hall–Kier alpha value is -2.77. The predicted molar refractivity (Wildman–Crippen MR) is 127 cm³/mol. The van der Waals surface area contributed by atoms with E-state index >= 15 is 0 Å². The fourth-order valence-electron chi connectivity index (χ4n) is 3.26. The first kappa shape index (κ1) is 21.5. The smallest absolute Gasteiger partial charge is 0.293 e. The van der Waals surface area contributed by atoms with Crippen LogP contribution in [0.5, 0.6) is 11.5 Å². The van der Waals surface area contributed by atoms with Crippen LogP contribution in [0.2, 0.25) is 0 Å². The maximum absolute atomic E-state index is 12.2. The first-order valence-corrected chi connectivity index (χ1v) is 11.4. The molecule has 0 atom stereocenters. The number of halogens is 1. The molecule has 3 aromatic carbocycles. The lowest BCUT2D eigenvalue weighted by molar-refractivity contribution is -0.121. The molecule has 5 nitrogen and oxygen atoms in total. The molecule has 3 aromatic rings. The van der Waals surface area contributed by atoms with E-state index in [1.54, 1.807) is 6.08 Å². The molecule has 1 heterocycles. The Labute approximate surface area is 193 Å². The summed E-state index contributed by atoms with van der Waals surface area (Å²) in [6.45, 7) is 2.75. The van der Waals surface area contributed by atoms with Crippen LogP contribution in [0, 0.1) is 0 Å². The number of carbonyl (C=O) groups excluding carboxylic acids is 2. The fraction of sp³-hybridized carbons (Fsp3) is 0.167. The zero-order chi connectivity index (χ0) is 22.0. The van der Waals surface area contributed by atoms with Gasteiger partial charge in [0.1, 0.15) is 6.61 Å². The molecule has 0 radical (unpaired) electrons. The molecule has 4 rings (SSSR count). The monoisotopic (exact) mass is 497 g/mol. The number of thioether (sulfide) groups is 1. The van der Waals surface area contributed by atoms with Gasteiger partial charge in [0.15, 0.2) is 11.5 Å². The number of imide groups is 1. The van der Waals surface area contributed by atoms with Crippen molar-refractivity contribution in [2.75, 3.05) is 13.7 Å². The molecule has 1 aliphatic heterocycles. The van der Waals surface area contributed by atoms with Crippen molar-refractivity contribution in [2.45, 2.75) is 13.5 Å². The summed E-state index contributed by atoms with van der Waals surface area (Å²) in [7, 11) is 1.48. The lowest BCUT2D eigenvalue weighted by Crippen LogP contribution is -2.22. The fourth-order valence-corrected chi connectivity index (χ4v) is 4.66. The molecular formula is C24H20BrNO4S. The van der Waals surface area contributed by atoms with Crippen LogP contribution in [-0.2, 0) is 11.4 Å². The van der Waals surface area contributed by atoms with Gasteiger partial charge in [0.2, 0.25) is 0 Å². The molecule has 1 saturated heterocycles. The van der Waals surface area contributed by atoms with Crippen molar-refractivity contribution in [1.29, 1.82) is 0 Å². The number of amides is 2. The molecule has 31 heavy (non-hydrogen) atoms. The number of rotatable bonds is 6. The first-order valence-electron chi connectivity index (χ1n) is 9.74. The minimum absolute atomic E-state index is 0.282. The lowest BCUT2D eigenvalue weighted by atomic mass is 10.1. The van der Waals surface area contributed by atoms with Gasteiger partial charge in [0.25, 0.3) is 11.1 Å². The summed E-state index contributed by atoms with van der Waals surface area (Å²) >= 11 is 4.49. The largest absolute Gasteiger partial charge is 0.490 e. The van der Waals surface area contributed by atoms with E-state index in [0.29, 0.717) is 34.1 Å². The molecule has 0 spiro atoms. The Balaban J connectivity index is 1.60. The third-order valence-electron chi connectivity index (χ3n) is 4.81. The number of nitrogens with zero attached hydrogens (tertiary/aromatic N) is 1. The topological polar surface area (TPSA) is 55.8 Å². The van der Waals surface area contributed by atoms with Gasteiger partial charge in [-0.15, -0.1) is 0 Å². The molecule has 158 valence electrons. The highest BCUT2D eigenvalue weighted by molar-refractivity contribution is 9.10. The first-order chi connectivity index (χ1) is 15.0. The minimum Gasteiger partial charge on any atom is -0.490 e. The molecule has 0 saturated carbocycles. The van der Waals surface area contributed by atoms with Crippen molar-refractivity contribution in [3.05, 3.63) is 75.1 Å². The molecule has 7 heteroatoms. The highest BCUT2D eigenvalue weighted by Crippen LogP contribution is 2.39. The van der Waals surface area contributed by atoms with E-state index in [2.05, 4.69) is 40.2 Å². The summed E-state index contributed by atoms with van der Waals surface area (Å²) in [6, 6.07) is 18.1. The van der Waals surface area contributed by atoms with E-state index in [4.69, 9.17) is 9.47 Å². The molecule has 0 unspecified atom stereocenters. The average molecular weight is 498 g/mol.